The highest BCUT2D eigenvalue weighted by molar-refractivity contribution is 8.26. The van der Waals surface area contributed by atoms with Gasteiger partial charge in [0.25, 0.3) is 5.12 Å². The molecule has 102 valence electrons. The van der Waals surface area contributed by atoms with Gasteiger partial charge in [0.05, 0.1) is 6.07 Å². The van der Waals surface area contributed by atoms with Crippen LogP contribution in [0.3, 0.4) is 0 Å². The van der Waals surface area contributed by atoms with Crippen LogP contribution in [0, 0.1) is 10.1 Å². The number of carbonyl (C=O) groups is 1. The zero-order chi connectivity index (χ0) is 14.4. The van der Waals surface area contributed by atoms with E-state index in [9.17, 15) is 14.9 Å². The molecule has 0 aliphatic heterocycles. The molecule has 1 heterocycles. The van der Waals surface area contributed by atoms with Crippen LogP contribution in [0.2, 0.25) is 0 Å². The molecule has 0 saturated heterocycles. The second-order valence-electron chi connectivity index (χ2n) is 3.41. The smallest absolute Gasteiger partial charge is 0.396 e. The molecule has 0 bridgehead atoms. The zero-order valence-corrected chi connectivity index (χ0v) is 11.1. The summed E-state index contributed by atoms with van der Waals surface area (Å²) in [4.78, 5) is 21.3. The first-order valence-corrected chi connectivity index (χ1v) is 6.08. The van der Waals surface area contributed by atoms with E-state index in [4.69, 9.17) is 10.2 Å². The first-order valence-electron chi connectivity index (χ1n) is 5.27. The van der Waals surface area contributed by atoms with E-state index < -0.39 is 15.9 Å². The lowest BCUT2D eigenvalue weighted by Crippen LogP contribution is -2.09. The van der Waals surface area contributed by atoms with Crippen molar-refractivity contribution in [1.29, 1.82) is 0 Å². The van der Waals surface area contributed by atoms with Crippen LogP contribution in [-0.4, -0.2) is 20.9 Å². The largest absolute Gasteiger partial charge is 0.433 e. The summed E-state index contributed by atoms with van der Waals surface area (Å²) in [5.74, 6) is -0.662. The van der Waals surface area contributed by atoms with Crippen LogP contribution in [0.25, 0.3) is 0 Å². The number of hydrogen-bond acceptors (Lipinski definition) is 7. The number of rotatable bonds is 4. The van der Waals surface area contributed by atoms with Crippen molar-refractivity contribution < 1.29 is 14.1 Å². The maximum absolute atomic E-state index is 11.6. The summed E-state index contributed by atoms with van der Waals surface area (Å²) >= 11 is 0.596. The molecule has 0 radical (unpaired) electrons. The Bertz CT molecular complexity index is 549. The van der Waals surface area contributed by atoms with Crippen LogP contribution in [-0.2, 0) is 0 Å². The van der Waals surface area contributed by atoms with E-state index in [1.807, 2.05) is 6.92 Å². The highest BCUT2D eigenvalue weighted by Crippen LogP contribution is 2.20. The van der Waals surface area contributed by atoms with Gasteiger partial charge in [0.2, 0.25) is 0 Å². The minimum absolute atomic E-state index is 0.0585. The van der Waals surface area contributed by atoms with E-state index in [0.29, 0.717) is 11.8 Å². The fourth-order valence-electron chi connectivity index (χ4n) is 0.907. The van der Waals surface area contributed by atoms with Crippen LogP contribution in [0.4, 0.5) is 5.88 Å². The Morgan fingerprint density at radius 1 is 1.53 bits per heavy atom. The molecule has 19 heavy (non-hydrogen) atoms. The molecule has 1 aromatic rings. The Balaban J connectivity index is 2.71. The molecule has 9 heteroatoms. The third kappa shape index (κ3) is 4.54. The van der Waals surface area contributed by atoms with Crippen LogP contribution >= 0.6 is 11.8 Å². The molecular formula is C10H12N4O4S. The van der Waals surface area contributed by atoms with Gasteiger partial charge in [-0.3, -0.25) is 14.9 Å². The fraction of sp³-hybridized carbons (Fsp3) is 0.300. The molecular weight excluding hydrogens is 272 g/mol. The van der Waals surface area contributed by atoms with Gasteiger partial charge in [0.15, 0.2) is 10.9 Å². The number of nitro groups is 1. The highest BCUT2D eigenvalue weighted by atomic mass is 32.2. The topological polar surface area (TPSA) is 124 Å². The summed E-state index contributed by atoms with van der Waals surface area (Å²) in [6, 6.07) is 2.31. The Morgan fingerprint density at radius 3 is 2.74 bits per heavy atom. The van der Waals surface area contributed by atoms with Gasteiger partial charge >= 0.3 is 5.88 Å². The van der Waals surface area contributed by atoms with Crippen LogP contribution in [0.1, 0.15) is 30.8 Å². The lowest BCUT2D eigenvalue weighted by molar-refractivity contribution is -0.402. The van der Waals surface area contributed by atoms with Gasteiger partial charge in [-0.05, 0) is 31.2 Å². The first-order chi connectivity index (χ1) is 8.93. The van der Waals surface area contributed by atoms with Gasteiger partial charge in [-0.2, -0.15) is 5.10 Å². The molecule has 8 nitrogen and oxygen atoms in total. The molecule has 0 fully saturated rings. The second kappa shape index (κ2) is 6.69. The minimum Gasteiger partial charge on any atom is -0.396 e. The van der Waals surface area contributed by atoms with E-state index in [1.54, 1.807) is 6.92 Å². The van der Waals surface area contributed by atoms with Crippen molar-refractivity contribution >= 4 is 33.6 Å². The average Bonchev–Trinajstić information content (AvgIpc) is 2.85. The number of furan rings is 1. The number of thioether (sulfide) groups is 1. The quantitative estimate of drug-likeness (QED) is 0.391. The maximum Gasteiger partial charge on any atom is 0.433 e. The van der Waals surface area contributed by atoms with Gasteiger partial charge in [-0.15, -0.1) is 5.10 Å². The lowest BCUT2D eigenvalue weighted by atomic mass is 10.3. The normalized spacial score (nSPS) is 12.5. The van der Waals surface area contributed by atoms with E-state index in [0.717, 1.165) is 18.2 Å². The number of nitrogens with two attached hydrogens (primary N) is 1. The van der Waals surface area contributed by atoms with Crippen molar-refractivity contribution in [2.24, 2.45) is 15.9 Å². The van der Waals surface area contributed by atoms with Crippen molar-refractivity contribution in [1.82, 2.24) is 0 Å². The Morgan fingerprint density at radius 2 is 2.21 bits per heavy atom. The van der Waals surface area contributed by atoms with E-state index in [1.165, 1.54) is 6.07 Å². The summed E-state index contributed by atoms with van der Waals surface area (Å²) in [6.45, 7) is 3.68. The summed E-state index contributed by atoms with van der Waals surface area (Å²) in [6.07, 6.45) is 0.722. The minimum atomic E-state index is -0.728. The van der Waals surface area contributed by atoms with Crippen molar-refractivity contribution in [2.45, 2.75) is 20.3 Å². The van der Waals surface area contributed by atoms with Gasteiger partial charge in [-0.1, -0.05) is 6.92 Å². The molecule has 0 spiro atoms. The van der Waals surface area contributed by atoms with Crippen LogP contribution < -0.4 is 5.73 Å². The fourth-order valence-corrected chi connectivity index (χ4v) is 1.39. The number of nitrogens with zero attached hydrogens (tertiary/aromatic N) is 3. The highest BCUT2D eigenvalue weighted by Gasteiger charge is 2.18. The molecule has 2 N–H and O–H groups in total. The summed E-state index contributed by atoms with van der Waals surface area (Å²) in [5, 5.41) is 17.2. The van der Waals surface area contributed by atoms with Crippen molar-refractivity contribution in [3.05, 3.63) is 28.0 Å². The van der Waals surface area contributed by atoms with Gasteiger partial charge in [0.1, 0.15) is 4.92 Å². The van der Waals surface area contributed by atoms with E-state index >= 15 is 0 Å². The molecule has 0 unspecified atom stereocenters. The standard InChI is InChI=1S/C10H12N4O4S/c1-3-6(2)12-13-10(11)19-9(15)7-4-5-8(18-7)14(16)17/h4-5H,3H2,1-2H3,(H2,11,13)/b12-6+. The first kappa shape index (κ1) is 14.9. The third-order valence-electron chi connectivity index (χ3n) is 2.00. The summed E-state index contributed by atoms with van der Waals surface area (Å²) in [7, 11) is 0. The number of carbonyl (C=O) groups excluding carboxylic acids is 1. The zero-order valence-electron chi connectivity index (χ0n) is 10.3. The molecule has 1 aromatic heterocycles. The molecule has 0 aromatic carbocycles. The third-order valence-corrected chi connectivity index (χ3v) is 2.68. The number of hydrogen-bond donors (Lipinski definition) is 1. The predicted octanol–water partition coefficient (Wildman–Crippen LogP) is 2.16. The average molecular weight is 284 g/mol. The van der Waals surface area contributed by atoms with Gasteiger partial charge in [0, 0.05) is 5.71 Å². The molecule has 0 amide bonds. The van der Waals surface area contributed by atoms with E-state index in [2.05, 4.69) is 10.2 Å². The van der Waals surface area contributed by atoms with E-state index in [-0.39, 0.29) is 10.9 Å². The molecule has 0 aliphatic rings. The van der Waals surface area contributed by atoms with Gasteiger partial charge in [-0.25, -0.2) is 0 Å². The second-order valence-corrected chi connectivity index (χ2v) is 4.40. The Kier molecular flexibility index (Phi) is 5.24. The van der Waals surface area contributed by atoms with Crippen molar-refractivity contribution in [3.63, 3.8) is 0 Å². The predicted molar refractivity (Wildman–Crippen MR) is 72.3 cm³/mol. The SMILES string of the molecule is CC/C(C)=N/N=C(\N)SC(=O)c1ccc([N+](=O)[O-])o1. The Labute approximate surface area is 112 Å². The molecule has 0 saturated carbocycles. The molecule has 0 atom stereocenters. The lowest BCUT2D eigenvalue weighted by Gasteiger charge is -1.95. The Hall–Kier alpha value is -2.16. The van der Waals surface area contributed by atoms with Crippen molar-refractivity contribution in [3.8, 4) is 0 Å². The summed E-state index contributed by atoms with van der Waals surface area (Å²) < 4.78 is 4.74. The van der Waals surface area contributed by atoms with Crippen LogP contribution in [0.15, 0.2) is 26.8 Å². The van der Waals surface area contributed by atoms with Crippen LogP contribution in [0.5, 0.6) is 0 Å². The van der Waals surface area contributed by atoms with Crippen molar-refractivity contribution in [2.75, 3.05) is 0 Å². The molecule has 0 aliphatic carbocycles. The monoisotopic (exact) mass is 284 g/mol. The maximum atomic E-state index is 11.6. The summed E-state index contributed by atoms with van der Waals surface area (Å²) in [5.41, 5.74) is 6.26. The van der Waals surface area contributed by atoms with Gasteiger partial charge < -0.3 is 10.2 Å². The molecule has 1 rings (SSSR count). The number of amidine groups is 1.